The molecule has 2 aromatic rings. The quantitative estimate of drug-likeness (QED) is 0.868. The fraction of sp³-hybridized carbons (Fsp3) is 0.400. The molecule has 3 rings (SSSR count). The molecule has 2 N–H and O–H groups in total. The SMILES string of the molecule is CC(NS(=O)(=O)c1ccc(Cl)c2ncccc12)N1CCNCC1. The number of rotatable bonds is 4. The zero-order valence-corrected chi connectivity index (χ0v) is 14.4. The lowest BCUT2D eigenvalue weighted by molar-refractivity contribution is 0.176. The van der Waals surface area contributed by atoms with Crippen molar-refractivity contribution in [2.24, 2.45) is 0 Å². The Balaban J connectivity index is 1.92. The zero-order valence-electron chi connectivity index (χ0n) is 12.8. The summed E-state index contributed by atoms with van der Waals surface area (Å²) in [6, 6.07) is 6.52. The molecule has 6 nitrogen and oxygen atoms in total. The summed E-state index contributed by atoms with van der Waals surface area (Å²) < 4.78 is 28.3. The number of hydrogen-bond acceptors (Lipinski definition) is 5. The Hall–Kier alpha value is -1.25. The number of hydrogen-bond donors (Lipinski definition) is 2. The van der Waals surface area contributed by atoms with Gasteiger partial charge < -0.3 is 5.32 Å². The van der Waals surface area contributed by atoms with Crippen molar-refractivity contribution in [2.75, 3.05) is 26.2 Å². The van der Waals surface area contributed by atoms with Crippen molar-refractivity contribution in [2.45, 2.75) is 18.0 Å². The lowest BCUT2D eigenvalue weighted by Crippen LogP contribution is -2.53. The van der Waals surface area contributed by atoms with Gasteiger partial charge in [-0.25, -0.2) is 8.42 Å². The van der Waals surface area contributed by atoms with Crippen LogP contribution in [-0.2, 0) is 10.0 Å². The van der Waals surface area contributed by atoms with Crippen LogP contribution >= 0.6 is 11.6 Å². The average molecular weight is 355 g/mol. The summed E-state index contributed by atoms with van der Waals surface area (Å²) in [5.41, 5.74) is 0.492. The number of pyridine rings is 1. The highest BCUT2D eigenvalue weighted by Crippen LogP contribution is 2.27. The summed E-state index contributed by atoms with van der Waals surface area (Å²) in [5.74, 6) is 0. The molecule has 23 heavy (non-hydrogen) atoms. The third kappa shape index (κ3) is 3.49. The molecule has 0 aliphatic carbocycles. The lowest BCUT2D eigenvalue weighted by Gasteiger charge is -2.32. The Morgan fingerprint density at radius 3 is 2.78 bits per heavy atom. The van der Waals surface area contributed by atoms with Gasteiger partial charge in [-0.1, -0.05) is 11.6 Å². The number of halogens is 1. The normalized spacial score (nSPS) is 18.2. The molecule has 2 heterocycles. The van der Waals surface area contributed by atoms with Gasteiger partial charge in [-0.15, -0.1) is 0 Å². The van der Waals surface area contributed by atoms with Gasteiger partial charge in [0.25, 0.3) is 0 Å². The number of fused-ring (bicyclic) bond motifs is 1. The summed E-state index contributed by atoms with van der Waals surface area (Å²) in [4.78, 5) is 6.48. The van der Waals surface area contributed by atoms with E-state index in [2.05, 4.69) is 19.9 Å². The van der Waals surface area contributed by atoms with Crippen LogP contribution in [0.3, 0.4) is 0 Å². The predicted octanol–water partition coefficient (Wildman–Crippen LogP) is 1.42. The van der Waals surface area contributed by atoms with Gasteiger partial charge in [-0.3, -0.25) is 9.88 Å². The molecule has 0 bridgehead atoms. The molecular weight excluding hydrogens is 336 g/mol. The van der Waals surface area contributed by atoms with Gasteiger partial charge in [0.2, 0.25) is 10.0 Å². The maximum absolute atomic E-state index is 12.8. The van der Waals surface area contributed by atoms with E-state index in [0.29, 0.717) is 15.9 Å². The second-order valence-corrected chi connectivity index (χ2v) is 7.62. The molecule has 1 saturated heterocycles. The van der Waals surface area contributed by atoms with Gasteiger partial charge >= 0.3 is 0 Å². The van der Waals surface area contributed by atoms with Crippen molar-refractivity contribution >= 4 is 32.5 Å². The molecule has 1 aromatic carbocycles. The molecular formula is C15H19ClN4O2S. The summed E-state index contributed by atoms with van der Waals surface area (Å²) >= 11 is 6.11. The van der Waals surface area contributed by atoms with Crippen LogP contribution in [0.2, 0.25) is 5.02 Å². The van der Waals surface area contributed by atoms with Crippen LogP contribution in [0, 0.1) is 0 Å². The first kappa shape index (κ1) is 16.6. The fourth-order valence-corrected chi connectivity index (χ4v) is 4.42. The number of benzene rings is 1. The van der Waals surface area contributed by atoms with Crippen LogP contribution in [0.15, 0.2) is 35.4 Å². The van der Waals surface area contributed by atoms with E-state index in [9.17, 15) is 8.42 Å². The topological polar surface area (TPSA) is 74.3 Å². The molecule has 1 unspecified atom stereocenters. The highest BCUT2D eigenvalue weighted by molar-refractivity contribution is 7.89. The number of aromatic nitrogens is 1. The Kier molecular flexibility index (Phi) is 4.84. The molecule has 0 spiro atoms. The third-order valence-electron chi connectivity index (χ3n) is 3.99. The smallest absolute Gasteiger partial charge is 0.242 e. The van der Waals surface area contributed by atoms with E-state index in [1.165, 1.54) is 6.07 Å². The van der Waals surface area contributed by atoms with E-state index in [0.717, 1.165) is 26.2 Å². The van der Waals surface area contributed by atoms with E-state index in [1.54, 1.807) is 24.4 Å². The molecule has 0 amide bonds. The average Bonchev–Trinajstić information content (AvgIpc) is 2.55. The van der Waals surface area contributed by atoms with Crippen LogP contribution in [0.5, 0.6) is 0 Å². The first-order valence-corrected chi connectivity index (χ1v) is 9.35. The molecule has 8 heteroatoms. The molecule has 0 saturated carbocycles. The minimum absolute atomic E-state index is 0.201. The van der Waals surface area contributed by atoms with Crippen molar-refractivity contribution in [1.29, 1.82) is 0 Å². The first-order chi connectivity index (χ1) is 11.0. The summed E-state index contributed by atoms with van der Waals surface area (Å²) in [6.07, 6.45) is 1.32. The Morgan fingerprint density at radius 1 is 1.30 bits per heavy atom. The maximum Gasteiger partial charge on any atom is 0.242 e. The standard InChI is InChI=1S/C15H19ClN4O2S/c1-11(20-9-7-17-8-10-20)19-23(21,22)14-5-4-13(16)15-12(14)3-2-6-18-15/h2-6,11,17,19H,7-10H2,1H3. The number of nitrogens with one attached hydrogen (secondary N) is 2. The van der Waals surface area contributed by atoms with Crippen molar-refractivity contribution in [3.63, 3.8) is 0 Å². The van der Waals surface area contributed by atoms with Gasteiger partial charge in [0.1, 0.15) is 0 Å². The molecule has 1 aromatic heterocycles. The van der Waals surface area contributed by atoms with Crippen molar-refractivity contribution in [1.82, 2.24) is 19.9 Å². The van der Waals surface area contributed by atoms with Crippen molar-refractivity contribution in [3.05, 3.63) is 35.5 Å². The Bertz CT molecular complexity index is 806. The second-order valence-electron chi connectivity index (χ2n) is 5.53. The van der Waals surface area contributed by atoms with Crippen LogP contribution < -0.4 is 10.0 Å². The van der Waals surface area contributed by atoms with E-state index in [-0.39, 0.29) is 11.1 Å². The summed E-state index contributed by atoms with van der Waals surface area (Å²) in [5, 5.41) is 4.22. The Morgan fingerprint density at radius 2 is 2.04 bits per heavy atom. The van der Waals surface area contributed by atoms with Gasteiger partial charge in [0.15, 0.2) is 0 Å². The van der Waals surface area contributed by atoms with Crippen molar-refractivity contribution in [3.8, 4) is 0 Å². The van der Waals surface area contributed by atoms with E-state index in [1.807, 2.05) is 6.92 Å². The van der Waals surface area contributed by atoms with Crippen LogP contribution in [-0.4, -0.2) is 50.6 Å². The third-order valence-corrected chi connectivity index (χ3v) is 5.89. The van der Waals surface area contributed by atoms with Gasteiger partial charge in [0.05, 0.1) is 21.6 Å². The number of nitrogens with zero attached hydrogens (tertiary/aromatic N) is 2. The molecule has 0 radical (unpaired) electrons. The van der Waals surface area contributed by atoms with Gasteiger partial charge in [-0.05, 0) is 31.2 Å². The number of piperazine rings is 1. The van der Waals surface area contributed by atoms with Crippen LogP contribution in [0.1, 0.15) is 6.92 Å². The highest BCUT2D eigenvalue weighted by Gasteiger charge is 2.24. The van der Waals surface area contributed by atoms with Gasteiger partial charge in [0, 0.05) is 37.8 Å². The molecule has 1 aliphatic heterocycles. The predicted molar refractivity (Wildman–Crippen MR) is 91.0 cm³/mol. The minimum Gasteiger partial charge on any atom is -0.314 e. The molecule has 1 aliphatic rings. The summed E-state index contributed by atoms with van der Waals surface area (Å²) in [7, 11) is -3.66. The van der Waals surface area contributed by atoms with Gasteiger partial charge in [-0.2, -0.15) is 4.72 Å². The number of sulfonamides is 1. The van der Waals surface area contributed by atoms with Crippen molar-refractivity contribution < 1.29 is 8.42 Å². The van der Waals surface area contributed by atoms with Crippen LogP contribution in [0.25, 0.3) is 10.9 Å². The summed E-state index contributed by atoms with van der Waals surface area (Å²) in [6.45, 7) is 5.21. The zero-order chi connectivity index (χ0) is 16.4. The fourth-order valence-electron chi connectivity index (χ4n) is 2.78. The first-order valence-electron chi connectivity index (χ1n) is 7.49. The largest absolute Gasteiger partial charge is 0.314 e. The Labute approximate surface area is 140 Å². The molecule has 124 valence electrons. The second kappa shape index (κ2) is 6.70. The highest BCUT2D eigenvalue weighted by atomic mass is 35.5. The molecule has 1 fully saturated rings. The molecule has 1 atom stereocenters. The monoisotopic (exact) mass is 354 g/mol. The van der Waals surface area contributed by atoms with Crippen LogP contribution in [0.4, 0.5) is 0 Å². The minimum atomic E-state index is -3.66. The lowest BCUT2D eigenvalue weighted by atomic mass is 10.2. The van der Waals surface area contributed by atoms with E-state index >= 15 is 0 Å². The van der Waals surface area contributed by atoms with E-state index < -0.39 is 10.0 Å². The maximum atomic E-state index is 12.8. The van der Waals surface area contributed by atoms with E-state index in [4.69, 9.17) is 11.6 Å².